The van der Waals surface area contributed by atoms with Crippen LogP contribution in [0.25, 0.3) is 0 Å². The SMILES string of the molecule is Cc1cccc(S(=O)(=O)O[C@@H]2[C@@H](O)[C@H](O)[C@@H](CO)O[C@@H]2O)c1C. The lowest BCUT2D eigenvalue weighted by molar-refractivity contribution is -0.279. The zero-order chi connectivity index (χ0) is 17.4. The zero-order valence-corrected chi connectivity index (χ0v) is 13.5. The molecule has 0 spiro atoms. The van der Waals surface area contributed by atoms with Crippen LogP contribution in [-0.2, 0) is 19.0 Å². The van der Waals surface area contributed by atoms with Gasteiger partial charge in [0.05, 0.1) is 11.5 Å². The highest BCUT2D eigenvalue weighted by molar-refractivity contribution is 7.86. The molecule has 1 aliphatic rings. The number of aryl methyl sites for hydroxylation is 1. The van der Waals surface area contributed by atoms with Gasteiger partial charge in [-0.3, -0.25) is 4.18 Å². The van der Waals surface area contributed by atoms with Crippen LogP contribution in [0.15, 0.2) is 23.1 Å². The van der Waals surface area contributed by atoms with Gasteiger partial charge in [0.1, 0.15) is 18.3 Å². The lowest BCUT2D eigenvalue weighted by Gasteiger charge is -2.39. The van der Waals surface area contributed by atoms with E-state index in [9.17, 15) is 23.7 Å². The molecule has 1 aliphatic heterocycles. The van der Waals surface area contributed by atoms with Crippen molar-refractivity contribution in [2.75, 3.05) is 6.61 Å². The van der Waals surface area contributed by atoms with Gasteiger partial charge in [-0.25, -0.2) is 0 Å². The van der Waals surface area contributed by atoms with Gasteiger partial charge in [-0.15, -0.1) is 0 Å². The monoisotopic (exact) mass is 348 g/mol. The van der Waals surface area contributed by atoms with Gasteiger partial charge in [-0.1, -0.05) is 12.1 Å². The third kappa shape index (κ3) is 3.56. The highest BCUT2D eigenvalue weighted by Crippen LogP contribution is 2.27. The standard InChI is InChI=1S/C14H20O8S/c1-7-4-3-5-10(8(7)2)23(19,20)22-13-12(17)11(16)9(6-15)21-14(13)18/h3-5,9,11-18H,6H2,1-2H3/t9-,11-,12+,13-,14+/m1/s1. The van der Waals surface area contributed by atoms with E-state index in [4.69, 9.17) is 14.0 Å². The lowest BCUT2D eigenvalue weighted by Crippen LogP contribution is -2.59. The first-order valence-electron chi connectivity index (χ1n) is 6.99. The maximum Gasteiger partial charge on any atom is 0.297 e. The van der Waals surface area contributed by atoms with Gasteiger partial charge in [-0.2, -0.15) is 8.42 Å². The Labute approximate surface area is 134 Å². The van der Waals surface area contributed by atoms with Crippen molar-refractivity contribution in [3.05, 3.63) is 29.3 Å². The van der Waals surface area contributed by atoms with E-state index in [2.05, 4.69) is 0 Å². The first-order valence-corrected chi connectivity index (χ1v) is 8.40. The van der Waals surface area contributed by atoms with Gasteiger partial charge in [0.15, 0.2) is 12.4 Å². The summed E-state index contributed by atoms with van der Waals surface area (Å²) in [7, 11) is -4.30. The Morgan fingerprint density at radius 1 is 1.17 bits per heavy atom. The normalized spacial score (nSPS) is 32.0. The summed E-state index contributed by atoms with van der Waals surface area (Å²) in [5.41, 5.74) is 1.21. The van der Waals surface area contributed by atoms with Crippen molar-refractivity contribution in [3.8, 4) is 0 Å². The Bertz CT molecular complexity index is 659. The molecule has 0 aromatic heterocycles. The van der Waals surface area contributed by atoms with Crippen molar-refractivity contribution in [2.24, 2.45) is 0 Å². The molecule has 2 rings (SSSR count). The van der Waals surface area contributed by atoms with E-state index in [0.717, 1.165) is 5.56 Å². The quantitative estimate of drug-likeness (QED) is 0.499. The van der Waals surface area contributed by atoms with Crippen LogP contribution in [0.1, 0.15) is 11.1 Å². The third-order valence-electron chi connectivity index (χ3n) is 3.90. The Kier molecular flexibility index (Phi) is 5.41. The number of rotatable bonds is 4. The van der Waals surface area contributed by atoms with Crippen molar-refractivity contribution < 1.29 is 37.8 Å². The van der Waals surface area contributed by atoms with E-state index in [1.54, 1.807) is 26.0 Å². The first-order chi connectivity index (χ1) is 10.7. The molecule has 1 aromatic carbocycles. The predicted molar refractivity (Wildman–Crippen MR) is 78.0 cm³/mol. The fourth-order valence-corrected chi connectivity index (χ4v) is 3.75. The van der Waals surface area contributed by atoms with Crippen molar-refractivity contribution >= 4 is 10.1 Å². The van der Waals surface area contributed by atoms with Gasteiger partial charge in [0.25, 0.3) is 10.1 Å². The highest BCUT2D eigenvalue weighted by atomic mass is 32.2. The fourth-order valence-electron chi connectivity index (χ4n) is 2.37. The van der Waals surface area contributed by atoms with Crippen molar-refractivity contribution in [1.82, 2.24) is 0 Å². The van der Waals surface area contributed by atoms with E-state index >= 15 is 0 Å². The Morgan fingerprint density at radius 2 is 1.83 bits per heavy atom. The maximum absolute atomic E-state index is 12.4. The van der Waals surface area contributed by atoms with Crippen molar-refractivity contribution in [1.29, 1.82) is 0 Å². The van der Waals surface area contributed by atoms with E-state index < -0.39 is 47.4 Å². The molecule has 0 radical (unpaired) electrons. The minimum Gasteiger partial charge on any atom is -0.394 e. The topological polar surface area (TPSA) is 134 Å². The molecule has 130 valence electrons. The van der Waals surface area contributed by atoms with Gasteiger partial charge < -0.3 is 25.2 Å². The third-order valence-corrected chi connectivity index (χ3v) is 5.36. The van der Waals surface area contributed by atoms with Crippen LogP contribution in [0.4, 0.5) is 0 Å². The maximum atomic E-state index is 12.4. The molecule has 23 heavy (non-hydrogen) atoms. The summed E-state index contributed by atoms with van der Waals surface area (Å²) in [6.07, 6.45) is -8.09. The minimum atomic E-state index is -4.30. The molecule has 1 heterocycles. The van der Waals surface area contributed by atoms with Crippen LogP contribution in [-0.4, -0.2) is 66.2 Å². The molecule has 0 saturated carbocycles. The van der Waals surface area contributed by atoms with Gasteiger partial charge >= 0.3 is 0 Å². The molecule has 0 unspecified atom stereocenters. The minimum absolute atomic E-state index is 0.101. The molecule has 0 aliphatic carbocycles. The molecule has 8 nitrogen and oxygen atoms in total. The summed E-state index contributed by atoms with van der Waals surface area (Å²) in [6.45, 7) is 2.69. The summed E-state index contributed by atoms with van der Waals surface area (Å²) in [5, 5.41) is 38.5. The van der Waals surface area contributed by atoms with Crippen LogP contribution in [0, 0.1) is 13.8 Å². The van der Waals surface area contributed by atoms with Crippen LogP contribution in [0.2, 0.25) is 0 Å². The summed E-state index contributed by atoms with van der Waals surface area (Å²) in [4.78, 5) is -0.101. The average molecular weight is 348 g/mol. The number of hydrogen-bond acceptors (Lipinski definition) is 8. The Hall–Kier alpha value is -1.07. The molecule has 0 amide bonds. The largest absolute Gasteiger partial charge is 0.394 e. The second kappa shape index (κ2) is 6.81. The Balaban J connectivity index is 2.28. The second-order valence-electron chi connectivity index (χ2n) is 5.44. The van der Waals surface area contributed by atoms with E-state index in [0.29, 0.717) is 5.56 Å². The number of ether oxygens (including phenoxy) is 1. The van der Waals surface area contributed by atoms with E-state index in [-0.39, 0.29) is 4.90 Å². The molecule has 9 heteroatoms. The molecule has 0 bridgehead atoms. The molecule has 1 saturated heterocycles. The Morgan fingerprint density at radius 3 is 2.43 bits per heavy atom. The zero-order valence-electron chi connectivity index (χ0n) is 12.7. The number of aliphatic hydroxyl groups excluding tert-OH is 4. The highest BCUT2D eigenvalue weighted by Gasteiger charge is 2.46. The summed E-state index contributed by atoms with van der Waals surface area (Å²) < 4.78 is 34.5. The van der Waals surface area contributed by atoms with Crippen LogP contribution in [0.5, 0.6) is 0 Å². The number of benzene rings is 1. The van der Waals surface area contributed by atoms with Gasteiger partial charge in [0.2, 0.25) is 0 Å². The predicted octanol–water partition coefficient (Wildman–Crippen LogP) is -1.19. The second-order valence-corrected chi connectivity index (χ2v) is 6.98. The van der Waals surface area contributed by atoms with Crippen LogP contribution < -0.4 is 0 Å². The van der Waals surface area contributed by atoms with Crippen LogP contribution >= 0.6 is 0 Å². The van der Waals surface area contributed by atoms with Crippen molar-refractivity contribution in [3.63, 3.8) is 0 Å². The van der Waals surface area contributed by atoms with Gasteiger partial charge in [-0.05, 0) is 31.0 Å². The number of aliphatic hydroxyl groups is 4. The van der Waals surface area contributed by atoms with Crippen molar-refractivity contribution in [2.45, 2.75) is 49.4 Å². The van der Waals surface area contributed by atoms with Gasteiger partial charge in [0, 0.05) is 0 Å². The first kappa shape index (κ1) is 18.3. The summed E-state index contributed by atoms with van der Waals surface area (Å²) in [6, 6.07) is 4.61. The van der Waals surface area contributed by atoms with Crippen LogP contribution in [0.3, 0.4) is 0 Å². The van der Waals surface area contributed by atoms with E-state index in [1.807, 2.05) is 0 Å². The molecule has 5 atom stereocenters. The smallest absolute Gasteiger partial charge is 0.297 e. The number of hydrogen-bond donors (Lipinski definition) is 4. The lowest BCUT2D eigenvalue weighted by atomic mass is 9.99. The van der Waals surface area contributed by atoms with E-state index in [1.165, 1.54) is 6.07 Å². The average Bonchev–Trinajstić information content (AvgIpc) is 2.50. The molecule has 4 N–H and O–H groups in total. The molecular formula is C14H20O8S. The fraction of sp³-hybridized carbons (Fsp3) is 0.571. The molecule has 1 aromatic rings. The molecular weight excluding hydrogens is 328 g/mol. The summed E-state index contributed by atoms with van der Waals surface area (Å²) in [5.74, 6) is 0. The summed E-state index contributed by atoms with van der Waals surface area (Å²) >= 11 is 0. The molecule has 1 fully saturated rings.